The van der Waals surface area contributed by atoms with Crippen LogP contribution >= 0.6 is 0 Å². The molecule has 1 unspecified atom stereocenters. The molecule has 2 N–H and O–H groups in total. The summed E-state index contributed by atoms with van der Waals surface area (Å²) >= 11 is 0. The monoisotopic (exact) mass is 295 g/mol. The van der Waals surface area contributed by atoms with Crippen molar-refractivity contribution in [1.29, 1.82) is 0 Å². The molecule has 6 heteroatoms. The largest absolute Gasteiger partial charge is 0.497 e. The Labute approximate surface area is 124 Å². The van der Waals surface area contributed by atoms with Gasteiger partial charge in [-0.3, -0.25) is 9.59 Å². The van der Waals surface area contributed by atoms with Crippen molar-refractivity contribution in [2.75, 3.05) is 20.8 Å². The minimum Gasteiger partial charge on any atom is -0.497 e. The lowest BCUT2D eigenvalue weighted by atomic mass is 10.1. The maximum atomic E-state index is 11.9. The van der Waals surface area contributed by atoms with Crippen LogP contribution in [0.2, 0.25) is 0 Å². The molecular weight excluding hydrogens is 274 g/mol. The number of hydrogen-bond acceptors (Lipinski definition) is 4. The van der Waals surface area contributed by atoms with E-state index < -0.39 is 11.9 Å². The van der Waals surface area contributed by atoms with Crippen molar-refractivity contribution in [2.24, 2.45) is 5.92 Å². The van der Waals surface area contributed by atoms with Gasteiger partial charge >= 0.3 is 5.97 Å². The smallest absolute Gasteiger partial charge is 0.308 e. The van der Waals surface area contributed by atoms with Gasteiger partial charge in [-0.1, -0.05) is 13.0 Å². The first kappa shape index (κ1) is 16.8. The Hall–Kier alpha value is -2.24. The average molecular weight is 295 g/mol. The van der Waals surface area contributed by atoms with Gasteiger partial charge in [-0.25, -0.2) is 0 Å². The molecule has 0 saturated heterocycles. The van der Waals surface area contributed by atoms with Gasteiger partial charge in [0, 0.05) is 18.2 Å². The zero-order valence-electron chi connectivity index (χ0n) is 12.5. The van der Waals surface area contributed by atoms with E-state index in [4.69, 9.17) is 14.6 Å². The molecule has 1 atom stereocenters. The van der Waals surface area contributed by atoms with Crippen LogP contribution in [0.1, 0.15) is 18.9 Å². The third kappa shape index (κ3) is 4.98. The maximum Gasteiger partial charge on any atom is 0.308 e. The van der Waals surface area contributed by atoms with E-state index >= 15 is 0 Å². The number of ether oxygens (including phenoxy) is 2. The van der Waals surface area contributed by atoms with E-state index in [1.165, 1.54) is 7.11 Å². The van der Waals surface area contributed by atoms with Crippen molar-refractivity contribution < 1.29 is 24.2 Å². The summed E-state index contributed by atoms with van der Waals surface area (Å²) in [4.78, 5) is 22.8. The van der Waals surface area contributed by atoms with Crippen LogP contribution in [-0.2, 0) is 16.0 Å². The number of carbonyl (C=O) groups is 2. The number of carbonyl (C=O) groups excluding carboxylic acids is 1. The SMILES string of the molecule is CCC(CNC(=O)Cc1ccc(OC)cc1OC)C(=O)O. The van der Waals surface area contributed by atoms with Gasteiger partial charge in [0.15, 0.2) is 0 Å². The Kier molecular flexibility index (Phi) is 6.52. The number of nitrogens with one attached hydrogen (secondary N) is 1. The first-order chi connectivity index (χ1) is 10.0. The molecule has 1 rings (SSSR count). The Balaban J connectivity index is 2.64. The molecule has 0 aliphatic carbocycles. The highest BCUT2D eigenvalue weighted by molar-refractivity contribution is 5.80. The van der Waals surface area contributed by atoms with E-state index in [-0.39, 0.29) is 18.9 Å². The predicted octanol–water partition coefficient (Wildman–Crippen LogP) is 1.47. The Bertz CT molecular complexity index is 501. The Morgan fingerprint density at radius 2 is 2.00 bits per heavy atom. The highest BCUT2D eigenvalue weighted by Gasteiger charge is 2.16. The number of rotatable bonds is 8. The average Bonchev–Trinajstić information content (AvgIpc) is 2.47. The van der Waals surface area contributed by atoms with Crippen LogP contribution < -0.4 is 14.8 Å². The molecule has 0 aliphatic rings. The molecule has 21 heavy (non-hydrogen) atoms. The second-order valence-electron chi connectivity index (χ2n) is 4.60. The van der Waals surface area contributed by atoms with Crippen LogP contribution in [0.25, 0.3) is 0 Å². The molecule has 0 fully saturated rings. The second-order valence-corrected chi connectivity index (χ2v) is 4.60. The zero-order chi connectivity index (χ0) is 15.8. The summed E-state index contributed by atoms with van der Waals surface area (Å²) in [6.07, 6.45) is 0.602. The van der Waals surface area contributed by atoms with Gasteiger partial charge in [0.25, 0.3) is 0 Å². The van der Waals surface area contributed by atoms with E-state index in [2.05, 4.69) is 5.32 Å². The van der Waals surface area contributed by atoms with Gasteiger partial charge in [-0.2, -0.15) is 0 Å². The van der Waals surface area contributed by atoms with Crippen molar-refractivity contribution >= 4 is 11.9 Å². The van der Waals surface area contributed by atoms with Crippen LogP contribution in [0.4, 0.5) is 0 Å². The molecule has 6 nitrogen and oxygen atoms in total. The first-order valence-electron chi connectivity index (χ1n) is 6.72. The van der Waals surface area contributed by atoms with Gasteiger partial charge in [0.1, 0.15) is 11.5 Å². The maximum absolute atomic E-state index is 11.9. The van der Waals surface area contributed by atoms with E-state index in [1.807, 2.05) is 0 Å². The Morgan fingerprint density at radius 1 is 1.29 bits per heavy atom. The molecule has 0 aromatic heterocycles. The molecule has 0 bridgehead atoms. The quantitative estimate of drug-likeness (QED) is 0.758. The van der Waals surface area contributed by atoms with Crippen LogP contribution in [0.3, 0.4) is 0 Å². The Morgan fingerprint density at radius 3 is 2.52 bits per heavy atom. The van der Waals surface area contributed by atoms with Gasteiger partial charge < -0.3 is 19.9 Å². The van der Waals surface area contributed by atoms with Crippen LogP contribution in [0.15, 0.2) is 18.2 Å². The van der Waals surface area contributed by atoms with Crippen molar-refractivity contribution in [3.05, 3.63) is 23.8 Å². The third-order valence-corrected chi connectivity index (χ3v) is 3.23. The molecule has 0 radical (unpaired) electrons. The summed E-state index contributed by atoms with van der Waals surface area (Å²) in [5.74, 6) is -0.493. The number of hydrogen-bond donors (Lipinski definition) is 2. The van der Waals surface area contributed by atoms with E-state index in [1.54, 1.807) is 32.2 Å². The molecule has 1 amide bonds. The fraction of sp³-hybridized carbons (Fsp3) is 0.467. The summed E-state index contributed by atoms with van der Waals surface area (Å²) < 4.78 is 10.3. The highest BCUT2D eigenvalue weighted by atomic mass is 16.5. The second kappa shape index (κ2) is 8.14. The topological polar surface area (TPSA) is 84.9 Å². The predicted molar refractivity (Wildman–Crippen MR) is 77.7 cm³/mol. The molecule has 0 aliphatic heterocycles. The standard InChI is InChI=1S/C15H21NO5/c1-4-10(15(18)19)9-16-14(17)7-11-5-6-12(20-2)8-13(11)21-3/h5-6,8,10H,4,7,9H2,1-3H3,(H,16,17)(H,18,19). The molecule has 1 aromatic rings. The minimum atomic E-state index is -0.903. The van der Waals surface area contributed by atoms with Crippen LogP contribution in [0.5, 0.6) is 11.5 Å². The summed E-state index contributed by atoms with van der Waals surface area (Å²) in [7, 11) is 3.08. The lowest BCUT2D eigenvalue weighted by molar-refractivity contribution is -0.141. The van der Waals surface area contributed by atoms with Crippen molar-refractivity contribution in [1.82, 2.24) is 5.32 Å². The lowest BCUT2D eigenvalue weighted by Crippen LogP contribution is -2.33. The summed E-state index contributed by atoms with van der Waals surface area (Å²) in [6, 6.07) is 5.21. The highest BCUT2D eigenvalue weighted by Crippen LogP contribution is 2.24. The van der Waals surface area contributed by atoms with Crippen LogP contribution in [-0.4, -0.2) is 37.7 Å². The lowest BCUT2D eigenvalue weighted by Gasteiger charge is -2.13. The number of methoxy groups -OCH3 is 2. The molecular formula is C15H21NO5. The summed E-state index contributed by atoms with van der Waals surface area (Å²) in [6.45, 7) is 1.90. The van der Waals surface area contributed by atoms with E-state index in [0.29, 0.717) is 17.9 Å². The molecule has 0 heterocycles. The number of carboxylic acids is 1. The number of aliphatic carboxylic acids is 1. The number of carboxylic acid groups (broad SMARTS) is 1. The van der Waals surface area contributed by atoms with Gasteiger partial charge in [0.2, 0.25) is 5.91 Å². The van der Waals surface area contributed by atoms with Crippen molar-refractivity contribution in [2.45, 2.75) is 19.8 Å². The van der Waals surface area contributed by atoms with Crippen LogP contribution in [0, 0.1) is 5.92 Å². The van der Waals surface area contributed by atoms with Crippen molar-refractivity contribution in [3.8, 4) is 11.5 Å². The van der Waals surface area contributed by atoms with Gasteiger partial charge in [-0.05, 0) is 12.5 Å². The summed E-state index contributed by atoms with van der Waals surface area (Å²) in [5.41, 5.74) is 0.721. The molecule has 1 aromatic carbocycles. The molecule has 0 spiro atoms. The van der Waals surface area contributed by atoms with E-state index in [0.717, 1.165) is 5.56 Å². The third-order valence-electron chi connectivity index (χ3n) is 3.23. The molecule has 116 valence electrons. The normalized spacial score (nSPS) is 11.6. The van der Waals surface area contributed by atoms with Gasteiger partial charge in [0.05, 0.1) is 26.6 Å². The molecule has 0 saturated carbocycles. The fourth-order valence-corrected chi connectivity index (χ4v) is 1.88. The van der Waals surface area contributed by atoms with Gasteiger partial charge in [-0.15, -0.1) is 0 Å². The summed E-state index contributed by atoms with van der Waals surface area (Å²) in [5, 5.41) is 11.6. The number of amides is 1. The zero-order valence-corrected chi connectivity index (χ0v) is 12.5. The fourth-order valence-electron chi connectivity index (χ4n) is 1.88. The number of benzene rings is 1. The first-order valence-corrected chi connectivity index (χ1v) is 6.72. The van der Waals surface area contributed by atoms with Crippen molar-refractivity contribution in [3.63, 3.8) is 0 Å². The van der Waals surface area contributed by atoms with E-state index in [9.17, 15) is 9.59 Å². The minimum absolute atomic E-state index is 0.128.